The fraction of sp³-hybridized carbons (Fsp3) is 0.667. The number of amides is 1. The average molecular weight is 311 g/mol. The summed E-state index contributed by atoms with van der Waals surface area (Å²) in [4.78, 5) is 18.0. The predicted molar refractivity (Wildman–Crippen MR) is 85.3 cm³/mol. The molecule has 1 saturated heterocycles. The van der Waals surface area contributed by atoms with Crippen LogP contribution in [0, 0.1) is 0 Å². The number of nitrogens with two attached hydrogens (primary N) is 1. The van der Waals surface area contributed by atoms with Crippen molar-refractivity contribution < 1.29 is 9.53 Å². The second-order valence-corrected chi connectivity index (χ2v) is 6.45. The minimum absolute atomic E-state index is 0.0602. The Hall–Kier alpha value is -0.950. The SMILES string of the molecule is COCCC(N)C(=O)N1CCCN(Cc2cccs2)CC1. The largest absolute Gasteiger partial charge is 0.385 e. The molecule has 1 aliphatic heterocycles. The second kappa shape index (κ2) is 8.48. The minimum Gasteiger partial charge on any atom is -0.385 e. The third kappa shape index (κ3) is 5.07. The zero-order chi connectivity index (χ0) is 15.1. The molecule has 1 unspecified atom stereocenters. The summed E-state index contributed by atoms with van der Waals surface area (Å²) in [5.41, 5.74) is 5.95. The van der Waals surface area contributed by atoms with E-state index in [4.69, 9.17) is 10.5 Å². The fourth-order valence-corrected chi connectivity index (χ4v) is 3.32. The number of nitrogens with zero attached hydrogens (tertiary/aromatic N) is 2. The van der Waals surface area contributed by atoms with E-state index in [-0.39, 0.29) is 5.91 Å². The standard InChI is InChI=1S/C15H25N3O2S/c1-20-10-5-14(16)15(19)18-7-3-6-17(8-9-18)12-13-4-2-11-21-13/h2,4,11,14H,3,5-10,12,16H2,1H3. The van der Waals surface area contributed by atoms with Gasteiger partial charge in [-0.25, -0.2) is 0 Å². The zero-order valence-electron chi connectivity index (χ0n) is 12.7. The van der Waals surface area contributed by atoms with Gasteiger partial charge in [0.05, 0.1) is 6.04 Å². The van der Waals surface area contributed by atoms with Crippen molar-refractivity contribution in [3.63, 3.8) is 0 Å². The molecule has 0 aliphatic carbocycles. The number of thiophene rings is 1. The van der Waals surface area contributed by atoms with Gasteiger partial charge < -0.3 is 15.4 Å². The maximum absolute atomic E-state index is 12.3. The van der Waals surface area contributed by atoms with E-state index >= 15 is 0 Å². The summed E-state index contributed by atoms with van der Waals surface area (Å²) in [6, 6.07) is 3.82. The number of carbonyl (C=O) groups is 1. The van der Waals surface area contributed by atoms with E-state index in [1.807, 2.05) is 4.90 Å². The Morgan fingerprint density at radius 1 is 1.43 bits per heavy atom. The number of hydrogen-bond acceptors (Lipinski definition) is 5. The molecule has 0 bridgehead atoms. The van der Waals surface area contributed by atoms with Gasteiger partial charge >= 0.3 is 0 Å². The van der Waals surface area contributed by atoms with Gasteiger partial charge in [0.1, 0.15) is 0 Å². The maximum Gasteiger partial charge on any atom is 0.239 e. The van der Waals surface area contributed by atoms with Crippen molar-refractivity contribution in [1.82, 2.24) is 9.80 Å². The first-order valence-corrected chi connectivity index (χ1v) is 8.36. The molecule has 0 saturated carbocycles. The van der Waals surface area contributed by atoms with Crippen molar-refractivity contribution >= 4 is 17.2 Å². The van der Waals surface area contributed by atoms with Gasteiger partial charge in [-0.2, -0.15) is 0 Å². The quantitative estimate of drug-likeness (QED) is 0.856. The van der Waals surface area contributed by atoms with Crippen molar-refractivity contribution in [3.8, 4) is 0 Å². The highest BCUT2D eigenvalue weighted by Gasteiger charge is 2.23. The van der Waals surface area contributed by atoms with Gasteiger partial charge in [0.25, 0.3) is 0 Å². The molecule has 2 N–H and O–H groups in total. The van der Waals surface area contributed by atoms with Gasteiger partial charge in [-0.1, -0.05) is 6.07 Å². The van der Waals surface area contributed by atoms with E-state index in [2.05, 4.69) is 22.4 Å². The third-order valence-corrected chi connectivity index (χ3v) is 4.67. The molecule has 0 spiro atoms. The Bertz CT molecular complexity index is 425. The van der Waals surface area contributed by atoms with Crippen molar-refractivity contribution in [2.75, 3.05) is 39.9 Å². The first kappa shape index (κ1) is 16.4. The fourth-order valence-electron chi connectivity index (χ4n) is 2.58. The molecule has 1 atom stereocenters. The summed E-state index contributed by atoms with van der Waals surface area (Å²) < 4.78 is 4.99. The molecule has 1 amide bonds. The van der Waals surface area contributed by atoms with Gasteiger partial charge in [0.15, 0.2) is 0 Å². The van der Waals surface area contributed by atoms with E-state index < -0.39 is 6.04 Å². The average Bonchev–Trinajstić information content (AvgIpc) is 2.89. The number of rotatable bonds is 6. The molecule has 1 aliphatic rings. The van der Waals surface area contributed by atoms with Gasteiger partial charge in [-0.3, -0.25) is 9.69 Å². The monoisotopic (exact) mass is 311 g/mol. The van der Waals surface area contributed by atoms with Crippen LogP contribution in [0.1, 0.15) is 17.7 Å². The van der Waals surface area contributed by atoms with Crippen LogP contribution in [0.25, 0.3) is 0 Å². The molecule has 1 aromatic heterocycles. The Morgan fingerprint density at radius 2 is 2.29 bits per heavy atom. The van der Waals surface area contributed by atoms with Crippen LogP contribution in [0.15, 0.2) is 17.5 Å². The van der Waals surface area contributed by atoms with Crippen LogP contribution < -0.4 is 5.73 Å². The Kier molecular flexibility index (Phi) is 6.63. The highest BCUT2D eigenvalue weighted by molar-refractivity contribution is 7.09. The Morgan fingerprint density at radius 3 is 3.00 bits per heavy atom. The molecule has 1 fully saturated rings. The number of ether oxygens (including phenoxy) is 1. The molecule has 0 radical (unpaired) electrons. The Labute approximate surface area is 130 Å². The molecule has 2 rings (SSSR count). The number of methoxy groups -OCH3 is 1. The van der Waals surface area contributed by atoms with Crippen molar-refractivity contribution in [3.05, 3.63) is 22.4 Å². The van der Waals surface area contributed by atoms with Crippen LogP contribution in [0.5, 0.6) is 0 Å². The topological polar surface area (TPSA) is 58.8 Å². The molecule has 2 heterocycles. The highest BCUT2D eigenvalue weighted by Crippen LogP contribution is 2.14. The molecule has 0 aromatic carbocycles. The lowest BCUT2D eigenvalue weighted by Gasteiger charge is -2.24. The summed E-state index contributed by atoms with van der Waals surface area (Å²) >= 11 is 1.79. The van der Waals surface area contributed by atoms with Crippen LogP contribution in [-0.4, -0.2) is 61.6 Å². The summed E-state index contributed by atoms with van der Waals surface area (Å²) in [7, 11) is 1.63. The molecule has 6 heteroatoms. The van der Waals surface area contributed by atoms with Gasteiger partial charge in [0.2, 0.25) is 5.91 Å². The van der Waals surface area contributed by atoms with E-state index in [9.17, 15) is 4.79 Å². The van der Waals surface area contributed by atoms with Crippen molar-refractivity contribution in [2.24, 2.45) is 5.73 Å². The second-order valence-electron chi connectivity index (χ2n) is 5.42. The van der Waals surface area contributed by atoms with E-state index in [0.717, 1.165) is 39.1 Å². The molecular formula is C15H25N3O2S. The maximum atomic E-state index is 12.3. The van der Waals surface area contributed by atoms with Crippen molar-refractivity contribution in [2.45, 2.75) is 25.4 Å². The zero-order valence-corrected chi connectivity index (χ0v) is 13.5. The summed E-state index contributed by atoms with van der Waals surface area (Å²) in [5, 5.41) is 2.11. The highest BCUT2D eigenvalue weighted by atomic mass is 32.1. The lowest BCUT2D eigenvalue weighted by molar-refractivity contribution is -0.132. The normalized spacial score (nSPS) is 18.5. The Balaban J connectivity index is 1.81. The molecule has 118 valence electrons. The summed E-state index contributed by atoms with van der Waals surface area (Å²) in [6.45, 7) is 5.04. The summed E-state index contributed by atoms with van der Waals surface area (Å²) in [5.74, 6) is 0.0602. The van der Waals surface area contributed by atoms with Crippen LogP contribution >= 0.6 is 11.3 Å². The van der Waals surface area contributed by atoms with Gasteiger partial charge in [-0.15, -0.1) is 11.3 Å². The molecule has 5 nitrogen and oxygen atoms in total. The van der Waals surface area contributed by atoms with Crippen LogP contribution in [0.2, 0.25) is 0 Å². The molecular weight excluding hydrogens is 286 g/mol. The lowest BCUT2D eigenvalue weighted by Crippen LogP contribution is -2.45. The number of carbonyl (C=O) groups excluding carboxylic acids is 1. The van der Waals surface area contributed by atoms with E-state index in [0.29, 0.717) is 13.0 Å². The smallest absolute Gasteiger partial charge is 0.239 e. The summed E-state index contributed by atoms with van der Waals surface area (Å²) in [6.07, 6.45) is 1.60. The molecule has 21 heavy (non-hydrogen) atoms. The lowest BCUT2D eigenvalue weighted by atomic mass is 10.2. The van der Waals surface area contributed by atoms with Crippen LogP contribution in [-0.2, 0) is 16.1 Å². The minimum atomic E-state index is -0.436. The van der Waals surface area contributed by atoms with Crippen molar-refractivity contribution in [1.29, 1.82) is 0 Å². The van der Waals surface area contributed by atoms with Gasteiger partial charge in [0, 0.05) is 51.3 Å². The van der Waals surface area contributed by atoms with E-state index in [1.165, 1.54) is 4.88 Å². The van der Waals surface area contributed by atoms with Crippen LogP contribution in [0.3, 0.4) is 0 Å². The third-order valence-electron chi connectivity index (χ3n) is 3.81. The van der Waals surface area contributed by atoms with E-state index in [1.54, 1.807) is 18.4 Å². The van der Waals surface area contributed by atoms with Crippen LogP contribution in [0.4, 0.5) is 0 Å². The first-order chi connectivity index (χ1) is 10.2. The molecule has 1 aromatic rings. The predicted octanol–water partition coefficient (Wildman–Crippen LogP) is 1.15. The van der Waals surface area contributed by atoms with Gasteiger partial charge in [-0.05, 0) is 24.3 Å². The number of hydrogen-bond donors (Lipinski definition) is 1. The first-order valence-electron chi connectivity index (χ1n) is 7.48.